The second-order valence-corrected chi connectivity index (χ2v) is 8.92. The summed E-state index contributed by atoms with van der Waals surface area (Å²) in [7, 11) is -1.88. The summed E-state index contributed by atoms with van der Waals surface area (Å²) >= 11 is 0. The van der Waals surface area contributed by atoms with E-state index in [0.29, 0.717) is 5.69 Å². The van der Waals surface area contributed by atoms with Gasteiger partial charge >= 0.3 is 6.03 Å². The maximum Gasteiger partial charge on any atom is 0.323 e. The number of urea groups is 1. The summed E-state index contributed by atoms with van der Waals surface area (Å²) in [5.74, 6) is -0.445. The van der Waals surface area contributed by atoms with Crippen LogP contribution in [0.4, 0.5) is 20.6 Å². The minimum atomic E-state index is -3.34. The number of ether oxygens (including phenoxy) is 1. The van der Waals surface area contributed by atoms with Crippen molar-refractivity contribution < 1.29 is 22.3 Å². The van der Waals surface area contributed by atoms with Gasteiger partial charge in [0.15, 0.2) is 0 Å². The first-order valence-electron chi connectivity index (χ1n) is 9.01. The number of halogens is 1. The zero-order chi connectivity index (χ0) is 21.6. The van der Waals surface area contributed by atoms with Gasteiger partial charge in [-0.25, -0.2) is 21.9 Å². The SMILES string of the molecule is CCS(=O)(=O)N(C)C[C@@H](C)Oc1cc(F)cc(NC(=O)Nc2ccc(C)nc2)c1. The summed E-state index contributed by atoms with van der Waals surface area (Å²) in [4.78, 5) is 16.2. The van der Waals surface area contributed by atoms with Crippen molar-refractivity contribution in [1.82, 2.24) is 9.29 Å². The molecular formula is C19H25FN4O4S. The van der Waals surface area contributed by atoms with Crippen LogP contribution in [0.5, 0.6) is 5.75 Å². The van der Waals surface area contributed by atoms with Crippen LogP contribution in [0.25, 0.3) is 0 Å². The van der Waals surface area contributed by atoms with Crippen molar-refractivity contribution in [2.24, 2.45) is 0 Å². The number of likely N-dealkylation sites (N-methyl/N-ethyl adjacent to an activating group) is 1. The lowest BCUT2D eigenvalue weighted by atomic mass is 10.3. The number of nitrogens with zero attached hydrogens (tertiary/aromatic N) is 2. The van der Waals surface area contributed by atoms with E-state index in [1.165, 1.54) is 23.6 Å². The molecule has 8 nitrogen and oxygen atoms in total. The topological polar surface area (TPSA) is 101 Å². The van der Waals surface area contributed by atoms with Crippen LogP contribution in [0.3, 0.4) is 0 Å². The third-order valence-electron chi connectivity index (χ3n) is 3.99. The first-order valence-corrected chi connectivity index (χ1v) is 10.6. The highest BCUT2D eigenvalue weighted by atomic mass is 32.2. The molecule has 1 heterocycles. The molecule has 0 saturated carbocycles. The number of carbonyl (C=O) groups is 1. The molecule has 0 radical (unpaired) electrons. The molecule has 1 aromatic heterocycles. The van der Waals surface area contributed by atoms with Crippen LogP contribution in [0.2, 0.25) is 0 Å². The van der Waals surface area contributed by atoms with Crippen LogP contribution in [0.1, 0.15) is 19.5 Å². The Hall–Kier alpha value is -2.72. The van der Waals surface area contributed by atoms with Crippen molar-refractivity contribution >= 4 is 27.4 Å². The van der Waals surface area contributed by atoms with E-state index in [1.54, 1.807) is 26.0 Å². The molecule has 10 heteroatoms. The van der Waals surface area contributed by atoms with Crippen molar-refractivity contribution in [2.45, 2.75) is 26.9 Å². The van der Waals surface area contributed by atoms with Crippen LogP contribution in [-0.4, -0.2) is 49.2 Å². The standard InChI is InChI=1S/C19H25FN4O4S/c1-5-29(26,27)24(4)12-14(3)28-18-9-15(20)8-17(10-18)23-19(25)22-16-7-6-13(2)21-11-16/h6-11,14H,5,12H2,1-4H3,(H2,22,23,25)/t14-/m1/s1. The summed E-state index contributed by atoms with van der Waals surface area (Å²) < 4.78 is 44.4. The average Bonchev–Trinajstić information content (AvgIpc) is 2.62. The number of nitrogens with one attached hydrogen (secondary N) is 2. The molecule has 2 rings (SSSR count). The van der Waals surface area contributed by atoms with E-state index in [2.05, 4.69) is 15.6 Å². The lowest BCUT2D eigenvalue weighted by molar-refractivity contribution is 0.195. The second-order valence-electron chi connectivity index (χ2n) is 6.55. The fraction of sp³-hybridized carbons (Fsp3) is 0.368. The Kier molecular flexibility index (Phi) is 7.52. The molecule has 0 saturated heterocycles. The molecule has 158 valence electrons. The largest absolute Gasteiger partial charge is 0.489 e. The predicted molar refractivity (Wildman–Crippen MR) is 110 cm³/mol. The molecule has 0 aliphatic heterocycles. The Morgan fingerprint density at radius 2 is 1.93 bits per heavy atom. The summed E-state index contributed by atoms with van der Waals surface area (Å²) in [5, 5.41) is 5.13. The van der Waals surface area contributed by atoms with E-state index >= 15 is 0 Å². The van der Waals surface area contributed by atoms with E-state index in [4.69, 9.17) is 4.74 Å². The number of aryl methyl sites for hydroxylation is 1. The highest BCUT2D eigenvalue weighted by molar-refractivity contribution is 7.89. The number of amides is 2. The minimum absolute atomic E-state index is 0.0180. The van der Waals surface area contributed by atoms with Crippen LogP contribution >= 0.6 is 0 Å². The minimum Gasteiger partial charge on any atom is -0.489 e. The van der Waals surface area contributed by atoms with Crippen LogP contribution in [0, 0.1) is 12.7 Å². The summed E-state index contributed by atoms with van der Waals surface area (Å²) in [6, 6.07) is 6.66. The zero-order valence-corrected chi connectivity index (χ0v) is 17.6. The predicted octanol–water partition coefficient (Wildman–Crippen LogP) is 3.22. The summed E-state index contributed by atoms with van der Waals surface area (Å²) in [5.41, 5.74) is 1.50. The normalized spacial score (nSPS) is 12.5. The van der Waals surface area contributed by atoms with Crippen molar-refractivity contribution in [3.05, 3.63) is 48.0 Å². The van der Waals surface area contributed by atoms with Gasteiger partial charge in [0, 0.05) is 30.6 Å². The number of carbonyl (C=O) groups excluding carboxylic acids is 1. The summed E-state index contributed by atoms with van der Waals surface area (Å²) in [6.07, 6.45) is 0.987. The third kappa shape index (κ3) is 6.99. The number of pyridine rings is 1. The maximum absolute atomic E-state index is 13.9. The van der Waals surface area contributed by atoms with Crippen molar-refractivity contribution in [1.29, 1.82) is 0 Å². The van der Waals surface area contributed by atoms with E-state index in [-0.39, 0.29) is 23.7 Å². The van der Waals surface area contributed by atoms with E-state index in [0.717, 1.165) is 17.8 Å². The Morgan fingerprint density at radius 1 is 1.24 bits per heavy atom. The van der Waals surface area contributed by atoms with Gasteiger partial charge in [0.25, 0.3) is 0 Å². The molecule has 0 aliphatic carbocycles. The number of sulfonamides is 1. The fourth-order valence-electron chi connectivity index (χ4n) is 2.50. The number of hydrogen-bond acceptors (Lipinski definition) is 5. The quantitative estimate of drug-likeness (QED) is 0.678. The Morgan fingerprint density at radius 3 is 2.55 bits per heavy atom. The Bertz CT molecular complexity index is 951. The van der Waals surface area contributed by atoms with Gasteiger partial charge in [-0.15, -0.1) is 0 Å². The molecule has 2 aromatic rings. The van der Waals surface area contributed by atoms with Gasteiger partial charge in [-0.3, -0.25) is 4.98 Å². The van der Waals surface area contributed by atoms with E-state index in [9.17, 15) is 17.6 Å². The number of aromatic nitrogens is 1. The highest BCUT2D eigenvalue weighted by Gasteiger charge is 2.19. The average molecular weight is 424 g/mol. The van der Waals surface area contributed by atoms with Crippen molar-refractivity contribution in [2.75, 3.05) is 30.0 Å². The third-order valence-corrected chi connectivity index (χ3v) is 5.82. The molecular weight excluding hydrogens is 399 g/mol. The first kappa shape index (κ1) is 22.6. The number of rotatable bonds is 8. The molecule has 0 aliphatic rings. The van der Waals surface area contributed by atoms with Crippen LogP contribution in [0.15, 0.2) is 36.5 Å². The van der Waals surface area contributed by atoms with E-state index < -0.39 is 28.0 Å². The second kappa shape index (κ2) is 9.66. The molecule has 1 aromatic carbocycles. The molecule has 0 fully saturated rings. The van der Waals surface area contributed by atoms with Crippen LogP contribution < -0.4 is 15.4 Å². The van der Waals surface area contributed by atoms with Gasteiger partial charge in [0.05, 0.1) is 24.2 Å². The molecule has 0 unspecified atom stereocenters. The fourth-order valence-corrected chi connectivity index (χ4v) is 3.38. The van der Waals surface area contributed by atoms with Gasteiger partial charge < -0.3 is 15.4 Å². The number of benzene rings is 1. The Labute approximate surface area is 170 Å². The van der Waals surface area contributed by atoms with Gasteiger partial charge in [-0.05, 0) is 39.0 Å². The number of hydrogen-bond donors (Lipinski definition) is 2. The molecule has 29 heavy (non-hydrogen) atoms. The first-order chi connectivity index (χ1) is 13.6. The highest BCUT2D eigenvalue weighted by Crippen LogP contribution is 2.22. The lowest BCUT2D eigenvalue weighted by Crippen LogP contribution is -2.36. The number of anilines is 2. The van der Waals surface area contributed by atoms with Crippen molar-refractivity contribution in [3.63, 3.8) is 0 Å². The smallest absolute Gasteiger partial charge is 0.323 e. The Balaban J connectivity index is 2.01. The molecule has 2 N–H and O–H groups in total. The monoisotopic (exact) mass is 424 g/mol. The van der Waals surface area contributed by atoms with Gasteiger partial charge in [-0.2, -0.15) is 0 Å². The molecule has 2 amide bonds. The molecule has 0 bridgehead atoms. The summed E-state index contributed by atoms with van der Waals surface area (Å²) in [6.45, 7) is 5.17. The molecule has 1 atom stereocenters. The van der Waals surface area contributed by atoms with Gasteiger partial charge in [0.1, 0.15) is 17.7 Å². The zero-order valence-electron chi connectivity index (χ0n) is 16.8. The van der Waals surface area contributed by atoms with Crippen molar-refractivity contribution in [3.8, 4) is 5.75 Å². The van der Waals surface area contributed by atoms with Gasteiger partial charge in [0.2, 0.25) is 10.0 Å². The van der Waals surface area contributed by atoms with Crippen LogP contribution in [-0.2, 0) is 10.0 Å². The lowest BCUT2D eigenvalue weighted by Gasteiger charge is -2.22. The van der Waals surface area contributed by atoms with Gasteiger partial charge in [-0.1, -0.05) is 0 Å². The van der Waals surface area contributed by atoms with E-state index in [1.807, 2.05) is 6.92 Å². The molecule has 0 spiro atoms. The maximum atomic E-state index is 13.9.